The van der Waals surface area contributed by atoms with E-state index in [1.807, 2.05) is 17.4 Å². The van der Waals surface area contributed by atoms with Gasteiger partial charge in [-0.2, -0.15) is 0 Å². The predicted molar refractivity (Wildman–Crippen MR) is 99.2 cm³/mol. The molecule has 0 aliphatic heterocycles. The fourth-order valence-electron chi connectivity index (χ4n) is 2.90. The second kappa shape index (κ2) is 5.90. The van der Waals surface area contributed by atoms with Crippen LogP contribution in [-0.2, 0) is 0 Å². The van der Waals surface area contributed by atoms with Crippen molar-refractivity contribution in [1.29, 1.82) is 0 Å². The van der Waals surface area contributed by atoms with Crippen molar-refractivity contribution >= 4 is 21.4 Å². The Hall–Kier alpha value is -2.58. The van der Waals surface area contributed by atoms with Gasteiger partial charge in [0.05, 0.1) is 7.11 Å². The van der Waals surface area contributed by atoms with Crippen LogP contribution in [0.3, 0.4) is 0 Å². The zero-order chi connectivity index (χ0) is 15.6. The quantitative estimate of drug-likeness (QED) is 0.434. The molecule has 1 aromatic heterocycles. The van der Waals surface area contributed by atoms with Gasteiger partial charge in [-0.3, -0.25) is 0 Å². The number of rotatable bonds is 3. The zero-order valence-corrected chi connectivity index (χ0v) is 13.6. The number of hydrogen-bond acceptors (Lipinski definition) is 2. The van der Waals surface area contributed by atoms with E-state index in [9.17, 15) is 0 Å². The first-order valence-corrected chi connectivity index (χ1v) is 8.40. The van der Waals surface area contributed by atoms with E-state index < -0.39 is 0 Å². The molecule has 0 spiro atoms. The summed E-state index contributed by atoms with van der Waals surface area (Å²) in [6.07, 6.45) is 0. The van der Waals surface area contributed by atoms with Crippen LogP contribution < -0.4 is 4.74 Å². The molecule has 112 valence electrons. The summed E-state index contributed by atoms with van der Waals surface area (Å²) in [5, 5.41) is 1.30. The van der Waals surface area contributed by atoms with E-state index >= 15 is 0 Å². The van der Waals surface area contributed by atoms with Gasteiger partial charge in [-0.05, 0) is 29.3 Å². The lowest BCUT2D eigenvalue weighted by Gasteiger charge is -2.07. The Labute approximate surface area is 139 Å². The van der Waals surface area contributed by atoms with E-state index in [2.05, 4.69) is 72.8 Å². The number of ether oxygens (including phenoxy) is 1. The predicted octanol–water partition coefficient (Wildman–Crippen LogP) is 6.24. The first-order chi connectivity index (χ1) is 11.4. The van der Waals surface area contributed by atoms with Crippen LogP contribution in [0.15, 0.2) is 78.9 Å². The second-order valence-corrected chi connectivity index (χ2v) is 6.45. The second-order valence-electron chi connectivity index (χ2n) is 5.40. The molecular weight excluding hydrogens is 300 g/mol. The Bertz CT molecular complexity index is 954. The monoisotopic (exact) mass is 316 g/mol. The average molecular weight is 316 g/mol. The molecule has 0 bridgehead atoms. The molecule has 23 heavy (non-hydrogen) atoms. The SMILES string of the molecule is COc1cccc(-c2c(-c3ccccc3)sc3ccccc23)c1. The van der Waals surface area contributed by atoms with Crippen molar-refractivity contribution in [2.75, 3.05) is 7.11 Å². The summed E-state index contributed by atoms with van der Waals surface area (Å²) in [6.45, 7) is 0. The molecule has 0 N–H and O–H groups in total. The lowest BCUT2D eigenvalue weighted by molar-refractivity contribution is 0.415. The van der Waals surface area contributed by atoms with Gasteiger partial charge < -0.3 is 4.74 Å². The van der Waals surface area contributed by atoms with Crippen LogP contribution in [-0.4, -0.2) is 7.11 Å². The first kappa shape index (κ1) is 14.0. The van der Waals surface area contributed by atoms with Crippen molar-refractivity contribution in [3.8, 4) is 27.3 Å². The fourth-order valence-corrected chi connectivity index (χ4v) is 4.13. The van der Waals surface area contributed by atoms with Crippen LogP contribution in [0.4, 0.5) is 0 Å². The maximum atomic E-state index is 5.41. The summed E-state index contributed by atoms with van der Waals surface area (Å²) in [6, 6.07) is 27.5. The Balaban J connectivity index is 2.03. The Morgan fingerprint density at radius 3 is 2.30 bits per heavy atom. The minimum absolute atomic E-state index is 0.886. The minimum Gasteiger partial charge on any atom is -0.497 e. The molecule has 0 unspecified atom stereocenters. The molecule has 0 atom stereocenters. The minimum atomic E-state index is 0.886. The van der Waals surface area contributed by atoms with Crippen molar-refractivity contribution in [2.24, 2.45) is 0 Å². The van der Waals surface area contributed by atoms with Gasteiger partial charge in [-0.1, -0.05) is 60.7 Å². The third kappa shape index (κ3) is 2.51. The molecule has 1 nitrogen and oxygen atoms in total. The molecule has 0 radical (unpaired) electrons. The van der Waals surface area contributed by atoms with Crippen LogP contribution in [0.25, 0.3) is 31.7 Å². The Morgan fingerprint density at radius 2 is 1.48 bits per heavy atom. The summed E-state index contributed by atoms with van der Waals surface area (Å²) in [5.74, 6) is 0.886. The molecular formula is C21H16OS. The van der Waals surface area contributed by atoms with Crippen LogP contribution in [0.5, 0.6) is 5.75 Å². The lowest BCUT2D eigenvalue weighted by Crippen LogP contribution is -1.84. The maximum Gasteiger partial charge on any atom is 0.119 e. The van der Waals surface area contributed by atoms with E-state index in [1.54, 1.807) is 7.11 Å². The Kier molecular flexibility index (Phi) is 3.60. The summed E-state index contributed by atoms with van der Waals surface area (Å²) in [5.41, 5.74) is 3.74. The van der Waals surface area contributed by atoms with E-state index in [-0.39, 0.29) is 0 Å². The van der Waals surface area contributed by atoms with E-state index in [4.69, 9.17) is 4.74 Å². The van der Waals surface area contributed by atoms with Crippen molar-refractivity contribution in [1.82, 2.24) is 0 Å². The highest BCUT2D eigenvalue weighted by atomic mass is 32.1. The number of hydrogen-bond donors (Lipinski definition) is 0. The van der Waals surface area contributed by atoms with Crippen molar-refractivity contribution in [2.45, 2.75) is 0 Å². The molecule has 1 heterocycles. The van der Waals surface area contributed by atoms with Gasteiger partial charge in [0.15, 0.2) is 0 Å². The van der Waals surface area contributed by atoms with E-state index in [0.717, 1.165) is 5.75 Å². The van der Waals surface area contributed by atoms with E-state index in [0.29, 0.717) is 0 Å². The molecule has 0 saturated carbocycles. The molecule has 2 heteroatoms. The number of methoxy groups -OCH3 is 1. The van der Waals surface area contributed by atoms with Gasteiger partial charge in [-0.25, -0.2) is 0 Å². The van der Waals surface area contributed by atoms with Gasteiger partial charge in [0.1, 0.15) is 5.75 Å². The van der Waals surface area contributed by atoms with Crippen LogP contribution in [0, 0.1) is 0 Å². The third-order valence-corrected chi connectivity index (χ3v) is 5.21. The van der Waals surface area contributed by atoms with Crippen LogP contribution >= 0.6 is 11.3 Å². The fraction of sp³-hybridized carbons (Fsp3) is 0.0476. The standard InChI is InChI=1S/C21H16OS/c1-22-17-11-7-10-16(14-17)20-18-12-5-6-13-19(18)23-21(20)15-8-3-2-4-9-15/h2-14H,1H3. The third-order valence-electron chi connectivity index (χ3n) is 3.99. The smallest absolute Gasteiger partial charge is 0.119 e. The molecule has 4 aromatic rings. The van der Waals surface area contributed by atoms with Crippen molar-refractivity contribution < 1.29 is 4.74 Å². The highest BCUT2D eigenvalue weighted by Crippen LogP contribution is 2.45. The average Bonchev–Trinajstić information content (AvgIpc) is 3.02. The van der Waals surface area contributed by atoms with Crippen molar-refractivity contribution in [3.05, 3.63) is 78.9 Å². The van der Waals surface area contributed by atoms with Gasteiger partial charge >= 0.3 is 0 Å². The molecule has 0 aliphatic carbocycles. The summed E-state index contributed by atoms with van der Waals surface area (Å²) in [7, 11) is 1.71. The Morgan fingerprint density at radius 1 is 0.739 bits per heavy atom. The summed E-state index contributed by atoms with van der Waals surface area (Å²) in [4.78, 5) is 1.31. The van der Waals surface area contributed by atoms with Gasteiger partial charge in [0.25, 0.3) is 0 Å². The van der Waals surface area contributed by atoms with Crippen LogP contribution in [0.1, 0.15) is 0 Å². The molecule has 4 rings (SSSR count). The van der Waals surface area contributed by atoms with Crippen LogP contribution in [0.2, 0.25) is 0 Å². The number of thiophene rings is 1. The molecule has 0 fully saturated rings. The molecule has 0 saturated heterocycles. The van der Waals surface area contributed by atoms with Gasteiger partial charge in [0, 0.05) is 20.5 Å². The highest BCUT2D eigenvalue weighted by Gasteiger charge is 2.15. The molecule has 0 amide bonds. The number of fused-ring (bicyclic) bond motifs is 1. The largest absolute Gasteiger partial charge is 0.497 e. The lowest BCUT2D eigenvalue weighted by atomic mass is 9.99. The normalized spacial score (nSPS) is 10.8. The van der Waals surface area contributed by atoms with Gasteiger partial charge in [-0.15, -0.1) is 11.3 Å². The maximum absolute atomic E-state index is 5.41. The van der Waals surface area contributed by atoms with Crippen molar-refractivity contribution in [3.63, 3.8) is 0 Å². The van der Waals surface area contributed by atoms with Gasteiger partial charge in [0.2, 0.25) is 0 Å². The number of benzene rings is 3. The highest BCUT2D eigenvalue weighted by molar-refractivity contribution is 7.23. The van der Waals surface area contributed by atoms with E-state index in [1.165, 1.54) is 31.7 Å². The zero-order valence-electron chi connectivity index (χ0n) is 12.8. The molecule has 0 aliphatic rings. The molecule has 3 aromatic carbocycles. The first-order valence-electron chi connectivity index (χ1n) is 7.58. The topological polar surface area (TPSA) is 9.23 Å². The summed E-state index contributed by atoms with van der Waals surface area (Å²) < 4.78 is 6.72. The summed E-state index contributed by atoms with van der Waals surface area (Å²) >= 11 is 1.84.